The Labute approximate surface area is 73.7 Å². The molecule has 0 atom stereocenters. The summed E-state index contributed by atoms with van der Waals surface area (Å²) in [6.45, 7) is 2.86. The molecule has 0 fully saturated rings. The molecule has 2 N–H and O–H groups in total. The van der Waals surface area contributed by atoms with E-state index in [4.69, 9.17) is 9.79 Å². The maximum absolute atomic E-state index is 10.5. The van der Waals surface area contributed by atoms with Gasteiger partial charge in [-0.25, -0.2) is 0 Å². The zero-order chi connectivity index (χ0) is 9.61. The fourth-order valence-corrected chi connectivity index (χ4v) is 1.79. The van der Waals surface area contributed by atoms with Crippen LogP contribution in [0.2, 0.25) is 0 Å². The largest absolute Gasteiger partial charge is 0.339 e. The van der Waals surface area contributed by atoms with Crippen LogP contribution in [0.5, 0.6) is 0 Å². The Morgan fingerprint density at radius 2 is 1.92 bits per heavy atom. The summed E-state index contributed by atoms with van der Waals surface area (Å²) in [6, 6.07) is 0. The summed E-state index contributed by atoms with van der Waals surface area (Å²) in [5.41, 5.74) is 0. The van der Waals surface area contributed by atoms with Crippen molar-refractivity contribution in [2.75, 3.05) is 19.9 Å². The molecule has 5 heteroatoms. The summed E-state index contributed by atoms with van der Waals surface area (Å²) in [6.07, 6.45) is 3.12. The molecule has 0 heterocycles. The van der Waals surface area contributed by atoms with Crippen molar-refractivity contribution in [1.82, 2.24) is 4.90 Å². The Morgan fingerprint density at radius 3 is 2.33 bits per heavy atom. The smallest absolute Gasteiger partial charge is 0.324 e. The van der Waals surface area contributed by atoms with Crippen molar-refractivity contribution in [2.24, 2.45) is 0 Å². The molecule has 0 bridgehead atoms. The third kappa shape index (κ3) is 8.21. The quantitative estimate of drug-likeness (QED) is 0.494. The first-order chi connectivity index (χ1) is 5.45. The van der Waals surface area contributed by atoms with Crippen LogP contribution in [0.3, 0.4) is 0 Å². The Morgan fingerprint density at radius 1 is 1.33 bits per heavy atom. The lowest BCUT2D eigenvalue weighted by molar-refractivity contribution is 0.308. The molecule has 0 amide bonds. The molecule has 0 unspecified atom stereocenters. The Hall–Kier alpha value is 0.110. The summed E-state index contributed by atoms with van der Waals surface area (Å²) in [5, 5.41) is 0. The van der Waals surface area contributed by atoms with Crippen LogP contribution in [0, 0.1) is 0 Å². The van der Waals surface area contributed by atoms with Gasteiger partial charge < -0.3 is 9.79 Å². The van der Waals surface area contributed by atoms with Gasteiger partial charge in [0.1, 0.15) is 6.29 Å². The molecule has 74 valence electrons. The minimum Gasteiger partial charge on any atom is -0.324 e. The lowest BCUT2D eigenvalue weighted by Gasteiger charge is -2.16. The summed E-state index contributed by atoms with van der Waals surface area (Å²) in [4.78, 5) is 18.9. The average Bonchev–Trinajstić information content (AvgIpc) is 1.84. The van der Waals surface area contributed by atoms with Gasteiger partial charge in [0.05, 0.1) is 0 Å². The van der Waals surface area contributed by atoms with E-state index in [2.05, 4.69) is 6.92 Å². The number of unbranched alkanes of at least 4 members (excludes halogenated alkanes) is 2. The van der Waals surface area contributed by atoms with Gasteiger partial charge in [-0.3, -0.25) is 9.46 Å². The fourth-order valence-electron chi connectivity index (χ4n) is 1.02. The predicted molar refractivity (Wildman–Crippen MR) is 49.1 cm³/mol. The van der Waals surface area contributed by atoms with Crippen LogP contribution in [0.1, 0.15) is 26.2 Å². The van der Waals surface area contributed by atoms with Crippen LogP contribution in [0.4, 0.5) is 0 Å². The number of rotatable bonds is 6. The van der Waals surface area contributed by atoms with Crippen molar-refractivity contribution in [3.63, 3.8) is 0 Å². The van der Waals surface area contributed by atoms with E-state index in [9.17, 15) is 4.57 Å². The molecule has 0 aliphatic heterocycles. The summed E-state index contributed by atoms with van der Waals surface area (Å²) in [5.74, 6) is 0. The second-order valence-corrected chi connectivity index (χ2v) is 4.71. The maximum atomic E-state index is 10.5. The molecule has 0 aromatic heterocycles. The van der Waals surface area contributed by atoms with Gasteiger partial charge in [0.2, 0.25) is 0 Å². The van der Waals surface area contributed by atoms with Crippen molar-refractivity contribution in [2.45, 2.75) is 26.2 Å². The first-order valence-corrected chi connectivity index (χ1v) is 5.98. The monoisotopic (exact) mass is 195 g/mol. The third-order valence-corrected chi connectivity index (χ3v) is 2.42. The molecule has 0 spiro atoms. The van der Waals surface area contributed by atoms with Gasteiger partial charge >= 0.3 is 7.60 Å². The van der Waals surface area contributed by atoms with Gasteiger partial charge in [-0.1, -0.05) is 19.8 Å². The molecule has 0 aromatic rings. The summed E-state index contributed by atoms with van der Waals surface area (Å²) < 4.78 is 10.5. The van der Waals surface area contributed by atoms with Crippen LogP contribution >= 0.6 is 7.60 Å². The summed E-state index contributed by atoms with van der Waals surface area (Å²) >= 11 is 0. The Bertz CT molecular complexity index is 157. The second-order valence-electron chi connectivity index (χ2n) is 3.09. The van der Waals surface area contributed by atoms with E-state index in [1.54, 1.807) is 11.9 Å². The highest BCUT2D eigenvalue weighted by atomic mass is 31.2. The molecule has 0 rings (SSSR count). The van der Waals surface area contributed by atoms with Crippen molar-refractivity contribution >= 4 is 7.60 Å². The van der Waals surface area contributed by atoms with Crippen molar-refractivity contribution in [3.8, 4) is 0 Å². The van der Waals surface area contributed by atoms with E-state index >= 15 is 0 Å². The number of nitrogens with zero attached hydrogens (tertiary/aromatic N) is 1. The van der Waals surface area contributed by atoms with E-state index in [1.807, 2.05) is 0 Å². The van der Waals surface area contributed by atoms with Crippen molar-refractivity contribution in [3.05, 3.63) is 0 Å². The van der Waals surface area contributed by atoms with Gasteiger partial charge in [0.15, 0.2) is 0 Å². The van der Waals surface area contributed by atoms with Crippen molar-refractivity contribution < 1.29 is 14.4 Å². The maximum Gasteiger partial charge on any atom is 0.339 e. The first kappa shape index (κ1) is 12.1. The summed E-state index contributed by atoms with van der Waals surface area (Å²) in [7, 11) is -2.11. The molecular formula is C7H18NO3P. The SMILES string of the molecule is CCCCCN(C)CP(=O)(O)O. The van der Waals surface area contributed by atoms with Gasteiger partial charge in [0, 0.05) is 0 Å². The van der Waals surface area contributed by atoms with E-state index in [-0.39, 0.29) is 6.29 Å². The predicted octanol–water partition coefficient (Wildman–Crippen LogP) is 1.24. The van der Waals surface area contributed by atoms with E-state index in [0.29, 0.717) is 0 Å². The molecular weight excluding hydrogens is 177 g/mol. The topological polar surface area (TPSA) is 60.8 Å². The molecule has 0 aromatic carbocycles. The standard InChI is InChI=1S/C7H18NO3P/c1-3-4-5-6-8(2)7-12(9,10)11/h3-7H2,1-2H3,(H2,9,10,11). The molecule has 0 saturated heterocycles. The fraction of sp³-hybridized carbons (Fsp3) is 1.00. The van der Waals surface area contributed by atoms with Crippen molar-refractivity contribution in [1.29, 1.82) is 0 Å². The highest BCUT2D eigenvalue weighted by molar-refractivity contribution is 7.51. The second kappa shape index (κ2) is 5.70. The lowest BCUT2D eigenvalue weighted by Crippen LogP contribution is -2.20. The Kier molecular flexibility index (Phi) is 5.76. The van der Waals surface area contributed by atoms with E-state index in [1.165, 1.54) is 0 Å². The van der Waals surface area contributed by atoms with E-state index < -0.39 is 7.60 Å². The van der Waals surface area contributed by atoms with Crippen LogP contribution in [-0.4, -0.2) is 34.6 Å². The zero-order valence-electron chi connectivity index (χ0n) is 7.73. The highest BCUT2D eigenvalue weighted by Crippen LogP contribution is 2.34. The zero-order valence-corrected chi connectivity index (χ0v) is 8.63. The molecule has 0 radical (unpaired) electrons. The molecule has 0 aliphatic carbocycles. The van der Waals surface area contributed by atoms with Crippen LogP contribution in [0.25, 0.3) is 0 Å². The van der Waals surface area contributed by atoms with E-state index in [0.717, 1.165) is 25.8 Å². The third-order valence-electron chi connectivity index (χ3n) is 1.57. The average molecular weight is 195 g/mol. The number of hydrogen-bond acceptors (Lipinski definition) is 2. The number of hydrogen-bond donors (Lipinski definition) is 2. The van der Waals surface area contributed by atoms with Gasteiger partial charge in [-0.2, -0.15) is 0 Å². The molecule has 4 nitrogen and oxygen atoms in total. The highest BCUT2D eigenvalue weighted by Gasteiger charge is 2.15. The van der Waals surface area contributed by atoms with Crippen LogP contribution < -0.4 is 0 Å². The first-order valence-electron chi connectivity index (χ1n) is 4.19. The van der Waals surface area contributed by atoms with Crippen LogP contribution in [0.15, 0.2) is 0 Å². The van der Waals surface area contributed by atoms with Crippen LogP contribution in [-0.2, 0) is 4.57 Å². The van der Waals surface area contributed by atoms with Gasteiger partial charge in [0.25, 0.3) is 0 Å². The minimum absolute atomic E-state index is 0.128. The molecule has 12 heavy (non-hydrogen) atoms. The molecule has 0 aliphatic rings. The van der Waals surface area contributed by atoms with Gasteiger partial charge in [-0.05, 0) is 20.0 Å². The Balaban J connectivity index is 3.46. The normalized spacial score (nSPS) is 12.4. The lowest BCUT2D eigenvalue weighted by atomic mass is 10.2. The van der Waals surface area contributed by atoms with Gasteiger partial charge in [-0.15, -0.1) is 0 Å². The molecule has 0 saturated carbocycles. The minimum atomic E-state index is -3.84.